The quantitative estimate of drug-likeness (QED) is 0.521. The topological polar surface area (TPSA) is 0 Å². The van der Waals surface area contributed by atoms with E-state index in [2.05, 4.69) is 27.7 Å². The number of unbranched alkanes of at least 4 members (excludes halogenated alkanes) is 3. The Labute approximate surface area is 96.8 Å². The maximum Gasteiger partial charge on any atom is -0.0275 e. The maximum atomic E-state index is 2.54. The fourth-order valence-electron chi connectivity index (χ4n) is 3.13. The molecule has 90 valence electrons. The smallest absolute Gasteiger partial charge is 0.0275 e. The molecule has 15 heavy (non-hydrogen) atoms. The summed E-state index contributed by atoms with van der Waals surface area (Å²) in [5, 5.41) is 0. The molecule has 1 fully saturated rings. The molecule has 0 aromatic rings. The molecule has 0 nitrogen and oxygen atoms in total. The van der Waals surface area contributed by atoms with E-state index in [1.54, 1.807) is 0 Å². The lowest BCUT2D eigenvalue weighted by molar-refractivity contribution is 0.0225. The molecule has 1 rings (SSSR count). The normalized spacial score (nSPS) is 30.4. The largest absolute Gasteiger partial charge is 0.0654 e. The molecule has 0 aromatic heterocycles. The van der Waals surface area contributed by atoms with Gasteiger partial charge in [0.1, 0.15) is 0 Å². The van der Waals surface area contributed by atoms with Gasteiger partial charge in [-0.3, -0.25) is 0 Å². The highest BCUT2D eigenvalue weighted by Gasteiger charge is 2.41. The van der Waals surface area contributed by atoms with Crippen LogP contribution >= 0.6 is 0 Å². The molecule has 0 saturated heterocycles. The van der Waals surface area contributed by atoms with E-state index < -0.39 is 0 Å². The van der Waals surface area contributed by atoms with Crippen LogP contribution in [0.3, 0.4) is 0 Å². The average Bonchev–Trinajstić information content (AvgIpc) is 2.18. The Kier molecular flexibility index (Phi) is 4.67. The number of rotatable bonds is 5. The fraction of sp³-hybridized carbons (Fsp3) is 1.00. The first-order valence-corrected chi connectivity index (χ1v) is 7.02. The Hall–Kier alpha value is 0. The molecule has 1 aliphatic rings. The Bertz CT molecular complexity index is 180. The molecule has 1 aliphatic carbocycles. The van der Waals surface area contributed by atoms with Gasteiger partial charge >= 0.3 is 0 Å². The van der Waals surface area contributed by atoms with Crippen LogP contribution in [0.4, 0.5) is 0 Å². The standard InChI is InChI=1S/C15H30/c1-5-6-7-8-12-15(4)13-10-9-11-14(15,2)3/h5-13H2,1-4H3/t15-/m1/s1. The first-order chi connectivity index (χ1) is 7.02. The van der Waals surface area contributed by atoms with Crippen molar-refractivity contribution in [3.8, 4) is 0 Å². The summed E-state index contributed by atoms with van der Waals surface area (Å²) in [6, 6.07) is 0. The SMILES string of the molecule is CCCCCC[C@]1(C)CCCCC1(C)C. The van der Waals surface area contributed by atoms with Crippen LogP contribution in [0.25, 0.3) is 0 Å². The molecule has 0 bridgehead atoms. The molecule has 0 amide bonds. The van der Waals surface area contributed by atoms with Crippen molar-refractivity contribution in [2.24, 2.45) is 10.8 Å². The number of hydrogen-bond acceptors (Lipinski definition) is 0. The third-order valence-electron chi connectivity index (χ3n) is 5.00. The van der Waals surface area contributed by atoms with Gasteiger partial charge in [0.2, 0.25) is 0 Å². The molecule has 1 atom stereocenters. The zero-order valence-corrected chi connectivity index (χ0v) is 11.4. The minimum absolute atomic E-state index is 0.581. The van der Waals surface area contributed by atoms with Crippen molar-refractivity contribution in [2.75, 3.05) is 0 Å². The Morgan fingerprint density at radius 3 is 2.13 bits per heavy atom. The van der Waals surface area contributed by atoms with Gasteiger partial charge in [-0.15, -0.1) is 0 Å². The molecule has 0 N–H and O–H groups in total. The minimum atomic E-state index is 0.581. The van der Waals surface area contributed by atoms with E-state index in [4.69, 9.17) is 0 Å². The molecule has 0 radical (unpaired) electrons. The van der Waals surface area contributed by atoms with E-state index in [0.29, 0.717) is 10.8 Å². The molecule has 0 heteroatoms. The van der Waals surface area contributed by atoms with Crippen molar-refractivity contribution in [3.05, 3.63) is 0 Å². The van der Waals surface area contributed by atoms with Gasteiger partial charge in [0, 0.05) is 0 Å². The summed E-state index contributed by atoms with van der Waals surface area (Å²) in [5.41, 5.74) is 1.20. The van der Waals surface area contributed by atoms with Gasteiger partial charge in [-0.05, 0) is 30.1 Å². The molecular formula is C15H30. The molecule has 1 saturated carbocycles. The highest BCUT2D eigenvalue weighted by atomic mass is 14.5. The monoisotopic (exact) mass is 210 g/mol. The summed E-state index contributed by atoms with van der Waals surface area (Å²) in [6.45, 7) is 9.82. The summed E-state index contributed by atoms with van der Waals surface area (Å²) >= 11 is 0. The van der Waals surface area contributed by atoms with Gasteiger partial charge in [0.05, 0.1) is 0 Å². The van der Waals surface area contributed by atoms with E-state index >= 15 is 0 Å². The lowest BCUT2D eigenvalue weighted by Gasteiger charge is -2.48. The van der Waals surface area contributed by atoms with Crippen LogP contribution in [-0.2, 0) is 0 Å². The van der Waals surface area contributed by atoms with Crippen LogP contribution in [0.2, 0.25) is 0 Å². The van der Waals surface area contributed by atoms with Gasteiger partial charge in [-0.2, -0.15) is 0 Å². The molecule has 0 heterocycles. The zero-order valence-electron chi connectivity index (χ0n) is 11.4. The third-order valence-corrected chi connectivity index (χ3v) is 5.00. The van der Waals surface area contributed by atoms with Crippen molar-refractivity contribution in [2.45, 2.75) is 85.5 Å². The summed E-state index contributed by atoms with van der Waals surface area (Å²) in [4.78, 5) is 0. The van der Waals surface area contributed by atoms with E-state index in [9.17, 15) is 0 Å². The van der Waals surface area contributed by atoms with E-state index in [1.165, 1.54) is 57.8 Å². The zero-order chi connectivity index (χ0) is 11.4. The highest BCUT2D eigenvalue weighted by molar-refractivity contribution is 4.92. The Morgan fingerprint density at radius 1 is 0.867 bits per heavy atom. The van der Waals surface area contributed by atoms with Crippen molar-refractivity contribution < 1.29 is 0 Å². The van der Waals surface area contributed by atoms with Crippen LogP contribution in [0, 0.1) is 10.8 Å². The van der Waals surface area contributed by atoms with Gasteiger partial charge in [-0.1, -0.05) is 66.2 Å². The second-order valence-corrected chi connectivity index (χ2v) is 6.46. The van der Waals surface area contributed by atoms with E-state index in [-0.39, 0.29) is 0 Å². The number of hydrogen-bond donors (Lipinski definition) is 0. The maximum absolute atomic E-state index is 2.54. The molecule has 0 unspecified atom stereocenters. The van der Waals surface area contributed by atoms with Crippen LogP contribution in [-0.4, -0.2) is 0 Å². The van der Waals surface area contributed by atoms with Crippen molar-refractivity contribution >= 4 is 0 Å². The first-order valence-electron chi connectivity index (χ1n) is 7.02. The lowest BCUT2D eigenvalue weighted by atomic mass is 9.57. The Balaban J connectivity index is 2.41. The molecule has 0 aromatic carbocycles. The fourth-order valence-corrected chi connectivity index (χ4v) is 3.13. The van der Waals surface area contributed by atoms with Crippen LogP contribution in [0.5, 0.6) is 0 Å². The van der Waals surface area contributed by atoms with E-state index in [1.807, 2.05) is 0 Å². The molecule has 0 spiro atoms. The van der Waals surface area contributed by atoms with Gasteiger partial charge < -0.3 is 0 Å². The van der Waals surface area contributed by atoms with Crippen molar-refractivity contribution in [1.82, 2.24) is 0 Å². The van der Waals surface area contributed by atoms with Gasteiger partial charge in [-0.25, -0.2) is 0 Å². The van der Waals surface area contributed by atoms with Crippen molar-refractivity contribution in [3.63, 3.8) is 0 Å². The van der Waals surface area contributed by atoms with Crippen LogP contribution < -0.4 is 0 Å². The Morgan fingerprint density at radius 2 is 1.53 bits per heavy atom. The average molecular weight is 210 g/mol. The summed E-state index contributed by atoms with van der Waals surface area (Å²) < 4.78 is 0. The summed E-state index contributed by atoms with van der Waals surface area (Å²) in [7, 11) is 0. The summed E-state index contributed by atoms with van der Waals surface area (Å²) in [5.74, 6) is 0. The second-order valence-electron chi connectivity index (χ2n) is 6.46. The first kappa shape index (κ1) is 13.1. The van der Waals surface area contributed by atoms with Crippen LogP contribution in [0.1, 0.15) is 85.5 Å². The predicted octanol–water partition coefficient (Wildman–Crippen LogP) is 5.56. The van der Waals surface area contributed by atoms with Crippen LogP contribution in [0.15, 0.2) is 0 Å². The van der Waals surface area contributed by atoms with Crippen molar-refractivity contribution in [1.29, 1.82) is 0 Å². The third kappa shape index (κ3) is 3.23. The highest BCUT2D eigenvalue weighted by Crippen LogP contribution is 2.52. The van der Waals surface area contributed by atoms with E-state index in [0.717, 1.165) is 0 Å². The second kappa shape index (κ2) is 5.37. The van der Waals surface area contributed by atoms with Gasteiger partial charge in [0.25, 0.3) is 0 Å². The molecule has 0 aliphatic heterocycles. The summed E-state index contributed by atoms with van der Waals surface area (Å²) in [6.07, 6.45) is 13.0. The minimum Gasteiger partial charge on any atom is -0.0654 e. The van der Waals surface area contributed by atoms with Gasteiger partial charge in [0.15, 0.2) is 0 Å². The molecular weight excluding hydrogens is 180 g/mol. The lowest BCUT2D eigenvalue weighted by Crippen LogP contribution is -2.38. The predicted molar refractivity (Wildman–Crippen MR) is 69.1 cm³/mol.